The number of benzene rings is 1. The summed E-state index contributed by atoms with van der Waals surface area (Å²) in [6, 6.07) is 10.3. The number of carbonyl (C=O) groups is 2. The van der Waals surface area contributed by atoms with Gasteiger partial charge >= 0.3 is 0 Å². The van der Waals surface area contributed by atoms with Crippen LogP contribution >= 0.6 is 0 Å². The Bertz CT molecular complexity index is 1150. The first-order valence-corrected chi connectivity index (χ1v) is 9.47. The van der Waals surface area contributed by atoms with Crippen molar-refractivity contribution in [2.24, 2.45) is 5.73 Å². The van der Waals surface area contributed by atoms with Gasteiger partial charge in [0.25, 0.3) is 5.91 Å². The summed E-state index contributed by atoms with van der Waals surface area (Å²) in [5.74, 6) is 5.42. The second-order valence-corrected chi connectivity index (χ2v) is 7.24. The van der Waals surface area contributed by atoms with Gasteiger partial charge in [-0.25, -0.2) is 9.97 Å². The zero-order valence-corrected chi connectivity index (χ0v) is 17.2. The number of hydrogen-bond acceptors (Lipinski definition) is 6. The molecule has 0 unspecified atom stereocenters. The van der Waals surface area contributed by atoms with Crippen LogP contribution in [0.1, 0.15) is 29.4 Å². The molecule has 2 aromatic heterocycles. The van der Waals surface area contributed by atoms with E-state index in [4.69, 9.17) is 5.73 Å². The van der Waals surface area contributed by atoms with Gasteiger partial charge in [0.15, 0.2) is 5.82 Å². The largest absolute Gasteiger partial charge is 0.378 e. The van der Waals surface area contributed by atoms with E-state index in [0.717, 1.165) is 0 Å². The minimum atomic E-state index is -1.26. The summed E-state index contributed by atoms with van der Waals surface area (Å²) in [5.41, 5.74) is 6.63. The number of amides is 2. The first kappa shape index (κ1) is 21.7. The summed E-state index contributed by atoms with van der Waals surface area (Å²) in [5, 5.41) is 17.1. The minimum Gasteiger partial charge on any atom is -0.378 e. The molecule has 3 aromatic rings. The molecular weight excluding hydrogens is 396 g/mol. The number of aromatic amines is 1. The Balaban J connectivity index is 1.92. The molecule has 0 spiro atoms. The number of aromatic nitrogens is 4. The Morgan fingerprint density at radius 2 is 2.13 bits per heavy atom. The highest BCUT2D eigenvalue weighted by molar-refractivity contribution is 5.92. The van der Waals surface area contributed by atoms with E-state index >= 15 is 0 Å². The number of nitrogens with two attached hydrogens (primary N) is 1. The molecule has 0 saturated heterocycles. The molecule has 1 atom stereocenters. The molecule has 2 heterocycles. The highest BCUT2D eigenvalue weighted by Gasteiger charge is 2.17. The lowest BCUT2D eigenvalue weighted by Gasteiger charge is -2.19. The summed E-state index contributed by atoms with van der Waals surface area (Å²) >= 11 is 0. The zero-order valence-electron chi connectivity index (χ0n) is 17.2. The maximum absolute atomic E-state index is 11.7. The second-order valence-electron chi connectivity index (χ2n) is 7.24. The molecule has 1 aromatic carbocycles. The quantitative estimate of drug-likeness (QED) is 0.389. The Morgan fingerprint density at radius 1 is 1.32 bits per heavy atom. The zero-order chi connectivity index (χ0) is 22.4. The summed E-state index contributed by atoms with van der Waals surface area (Å²) < 4.78 is 0. The fraction of sp³-hybridized carbons (Fsp3) is 0.227. The minimum absolute atomic E-state index is 0.0771. The second kappa shape index (κ2) is 9.19. The lowest BCUT2D eigenvalue weighted by Crippen LogP contribution is -2.29. The van der Waals surface area contributed by atoms with Crippen molar-refractivity contribution in [3.63, 3.8) is 0 Å². The van der Waals surface area contributed by atoms with Crippen LogP contribution in [0.3, 0.4) is 0 Å². The number of nitrogens with zero attached hydrogens (tertiary/aromatic N) is 4. The number of rotatable bonds is 7. The molecule has 0 radical (unpaired) electrons. The van der Waals surface area contributed by atoms with E-state index in [1.807, 2.05) is 0 Å². The van der Waals surface area contributed by atoms with E-state index < -0.39 is 11.5 Å². The molecule has 9 heteroatoms. The van der Waals surface area contributed by atoms with E-state index in [0.29, 0.717) is 47.7 Å². The highest BCUT2D eigenvalue weighted by Crippen LogP contribution is 2.22. The smallest absolute Gasteiger partial charge is 0.267 e. The van der Waals surface area contributed by atoms with Gasteiger partial charge in [-0.3, -0.25) is 14.7 Å². The summed E-state index contributed by atoms with van der Waals surface area (Å²) in [4.78, 5) is 32.7. The van der Waals surface area contributed by atoms with Crippen LogP contribution < -0.4 is 5.73 Å². The van der Waals surface area contributed by atoms with Gasteiger partial charge in [0.2, 0.25) is 6.41 Å². The number of primary amides is 1. The lowest BCUT2D eigenvalue weighted by molar-refractivity contribution is -0.117. The molecule has 4 N–H and O–H groups in total. The van der Waals surface area contributed by atoms with Crippen molar-refractivity contribution in [1.29, 1.82) is 0 Å². The third kappa shape index (κ3) is 5.74. The first-order valence-electron chi connectivity index (χ1n) is 9.47. The molecule has 3 rings (SSSR count). The summed E-state index contributed by atoms with van der Waals surface area (Å²) in [6.45, 7) is 1.98. The molecule has 0 aliphatic carbocycles. The van der Waals surface area contributed by atoms with Gasteiger partial charge in [-0.1, -0.05) is 24.0 Å². The van der Waals surface area contributed by atoms with Crippen molar-refractivity contribution in [1.82, 2.24) is 25.1 Å². The van der Waals surface area contributed by atoms with E-state index in [1.165, 1.54) is 11.0 Å². The van der Waals surface area contributed by atoms with Gasteiger partial charge in [0, 0.05) is 37.3 Å². The molecule has 0 saturated carbocycles. The summed E-state index contributed by atoms with van der Waals surface area (Å²) in [6.07, 6.45) is 2.59. The molecule has 0 aliphatic heterocycles. The van der Waals surface area contributed by atoms with Gasteiger partial charge in [-0.2, -0.15) is 5.10 Å². The van der Waals surface area contributed by atoms with Gasteiger partial charge in [-0.05, 0) is 31.2 Å². The number of aliphatic hydroxyl groups is 1. The monoisotopic (exact) mass is 418 g/mol. The van der Waals surface area contributed by atoms with Crippen LogP contribution in [0.15, 0.2) is 42.6 Å². The van der Waals surface area contributed by atoms with Crippen molar-refractivity contribution < 1.29 is 14.7 Å². The molecule has 0 aliphatic rings. The van der Waals surface area contributed by atoms with Crippen molar-refractivity contribution in [3.05, 3.63) is 53.9 Å². The molecule has 31 heavy (non-hydrogen) atoms. The average molecular weight is 418 g/mol. The van der Waals surface area contributed by atoms with Crippen molar-refractivity contribution in [2.75, 3.05) is 13.6 Å². The number of H-pyrrole nitrogens is 1. The van der Waals surface area contributed by atoms with Crippen LogP contribution in [0, 0.1) is 11.8 Å². The standard InChI is InChI=1S/C22H22N6O3/c1-22(31,9-11-28(2)14-29)8-6-15-4-3-5-16(12-15)21-25-18(17-7-10-24-27-17)13-19(26-21)20(23)30/h3-5,7,10,12-14,31H,9,11H2,1-2H3,(H2,23,30)(H,24,27)/t22-/m0/s1. The van der Waals surface area contributed by atoms with Gasteiger partial charge < -0.3 is 15.7 Å². The van der Waals surface area contributed by atoms with E-state index in [2.05, 4.69) is 32.0 Å². The Hall–Kier alpha value is -4.03. The van der Waals surface area contributed by atoms with Crippen LogP contribution in [0.25, 0.3) is 22.8 Å². The van der Waals surface area contributed by atoms with E-state index in [-0.39, 0.29) is 5.69 Å². The van der Waals surface area contributed by atoms with E-state index in [9.17, 15) is 14.7 Å². The number of nitrogens with one attached hydrogen (secondary N) is 1. The fourth-order valence-electron chi connectivity index (χ4n) is 2.69. The topological polar surface area (TPSA) is 138 Å². The van der Waals surface area contributed by atoms with Gasteiger partial charge in [-0.15, -0.1) is 0 Å². The van der Waals surface area contributed by atoms with E-state index in [1.54, 1.807) is 50.5 Å². The Labute approximate surface area is 179 Å². The molecular formula is C22H22N6O3. The Morgan fingerprint density at radius 3 is 2.81 bits per heavy atom. The summed E-state index contributed by atoms with van der Waals surface area (Å²) in [7, 11) is 1.64. The molecule has 9 nitrogen and oxygen atoms in total. The molecule has 0 fully saturated rings. The molecule has 2 amide bonds. The van der Waals surface area contributed by atoms with Gasteiger partial charge in [0.05, 0.1) is 11.4 Å². The van der Waals surface area contributed by atoms with Crippen LogP contribution in [-0.4, -0.2) is 61.7 Å². The third-order valence-electron chi connectivity index (χ3n) is 4.48. The van der Waals surface area contributed by atoms with Crippen LogP contribution in [-0.2, 0) is 4.79 Å². The fourth-order valence-corrected chi connectivity index (χ4v) is 2.69. The van der Waals surface area contributed by atoms with Crippen LogP contribution in [0.2, 0.25) is 0 Å². The predicted octanol–water partition coefficient (Wildman–Crippen LogP) is 1.21. The normalized spacial score (nSPS) is 12.4. The average Bonchev–Trinajstić information content (AvgIpc) is 3.31. The van der Waals surface area contributed by atoms with Gasteiger partial charge in [0.1, 0.15) is 11.3 Å². The van der Waals surface area contributed by atoms with Crippen molar-refractivity contribution in [3.8, 4) is 34.6 Å². The van der Waals surface area contributed by atoms with Crippen LogP contribution in [0.4, 0.5) is 0 Å². The van der Waals surface area contributed by atoms with Crippen LogP contribution in [0.5, 0.6) is 0 Å². The molecule has 0 bridgehead atoms. The maximum atomic E-state index is 11.7. The first-order chi connectivity index (χ1) is 14.8. The maximum Gasteiger partial charge on any atom is 0.267 e. The number of carbonyl (C=O) groups excluding carboxylic acids is 2. The van der Waals surface area contributed by atoms with Crippen molar-refractivity contribution >= 4 is 12.3 Å². The molecule has 158 valence electrons. The SMILES string of the molecule is CN(C=O)CC[C@@](C)(O)C#Cc1cccc(-c2nc(C(N)=O)cc(-c3ccn[nH]3)n2)c1. The Kier molecular flexibility index (Phi) is 6.43. The number of hydrogen-bond donors (Lipinski definition) is 3. The third-order valence-corrected chi connectivity index (χ3v) is 4.48. The van der Waals surface area contributed by atoms with Crippen molar-refractivity contribution in [2.45, 2.75) is 18.9 Å². The highest BCUT2D eigenvalue weighted by atomic mass is 16.3. The lowest BCUT2D eigenvalue weighted by atomic mass is 10.0. The predicted molar refractivity (Wildman–Crippen MR) is 114 cm³/mol.